The molecule has 0 radical (unpaired) electrons. The first-order valence-corrected chi connectivity index (χ1v) is 13.2. The Hall–Kier alpha value is -4.94. The van der Waals surface area contributed by atoms with E-state index >= 15 is 0 Å². The summed E-state index contributed by atoms with van der Waals surface area (Å²) in [7, 11) is 0. The molecule has 8 aromatic carbocycles. The molecule has 0 nitrogen and oxygen atoms in total. The zero-order chi connectivity index (χ0) is 25.1. The predicted molar refractivity (Wildman–Crippen MR) is 164 cm³/mol. The van der Waals surface area contributed by atoms with Crippen molar-refractivity contribution in [1.82, 2.24) is 0 Å². The molecule has 0 aliphatic heterocycles. The summed E-state index contributed by atoms with van der Waals surface area (Å²) in [5.74, 6) is 0. The van der Waals surface area contributed by atoms with Crippen molar-refractivity contribution < 1.29 is 0 Å². The van der Waals surface area contributed by atoms with Crippen molar-refractivity contribution in [2.45, 2.75) is 0 Å². The number of hydrogen-bond donors (Lipinski definition) is 0. The van der Waals surface area contributed by atoms with Crippen molar-refractivity contribution in [3.63, 3.8) is 0 Å². The van der Waals surface area contributed by atoms with Crippen LogP contribution in [0.15, 0.2) is 146 Å². The van der Waals surface area contributed by atoms with E-state index < -0.39 is 0 Å². The SMILES string of the molecule is c1ccc(-c2cc(-c3ccccc3)c3c4cccc5ccc6cccc(c3c2-c2ccccc2)c6c54)cc1. The molecule has 176 valence electrons. The summed E-state index contributed by atoms with van der Waals surface area (Å²) in [4.78, 5) is 0. The van der Waals surface area contributed by atoms with Crippen molar-refractivity contribution in [3.05, 3.63) is 146 Å². The zero-order valence-corrected chi connectivity index (χ0v) is 20.9. The topological polar surface area (TPSA) is 0 Å². The number of hydrogen-bond acceptors (Lipinski definition) is 0. The minimum atomic E-state index is 1.23. The highest BCUT2D eigenvalue weighted by Gasteiger charge is 2.22. The van der Waals surface area contributed by atoms with Crippen molar-refractivity contribution in [1.29, 1.82) is 0 Å². The molecule has 0 saturated carbocycles. The average molecular weight is 481 g/mol. The summed E-state index contributed by atoms with van der Waals surface area (Å²) >= 11 is 0. The number of benzene rings is 8. The summed E-state index contributed by atoms with van der Waals surface area (Å²) in [5.41, 5.74) is 7.55. The molecule has 0 aliphatic rings. The normalized spacial score (nSPS) is 11.7. The second-order valence-electron chi connectivity index (χ2n) is 10.1. The quantitative estimate of drug-likeness (QED) is 0.174. The Morgan fingerprint density at radius 2 is 0.763 bits per heavy atom. The van der Waals surface area contributed by atoms with Gasteiger partial charge >= 0.3 is 0 Å². The first kappa shape index (κ1) is 21.2. The molecule has 38 heavy (non-hydrogen) atoms. The second kappa shape index (κ2) is 8.30. The van der Waals surface area contributed by atoms with E-state index in [1.54, 1.807) is 0 Å². The maximum Gasteiger partial charge on any atom is -0.000763 e. The third kappa shape index (κ3) is 3.04. The maximum atomic E-state index is 2.43. The van der Waals surface area contributed by atoms with E-state index in [4.69, 9.17) is 0 Å². The lowest BCUT2D eigenvalue weighted by molar-refractivity contribution is 1.60. The molecular formula is C38H24. The van der Waals surface area contributed by atoms with Crippen molar-refractivity contribution >= 4 is 43.1 Å². The lowest BCUT2D eigenvalue weighted by Gasteiger charge is -2.23. The lowest BCUT2D eigenvalue weighted by Crippen LogP contribution is -1.95. The van der Waals surface area contributed by atoms with E-state index in [-0.39, 0.29) is 0 Å². The fraction of sp³-hybridized carbons (Fsp3) is 0. The first-order chi connectivity index (χ1) is 18.9. The Labute approximate surface area is 221 Å². The van der Waals surface area contributed by atoms with Crippen LogP contribution in [-0.4, -0.2) is 0 Å². The molecule has 0 unspecified atom stereocenters. The predicted octanol–water partition coefficient (Wildman–Crippen LogP) is 10.7. The summed E-state index contributed by atoms with van der Waals surface area (Å²) in [6.45, 7) is 0. The van der Waals surface area contributed by atoms with Gasteiger partial charge in [0, 0.05) is 0 Å². The molecule has 8 rings (SSSR count). The van der Waals surface area contributed by atoms with Gasteiger partial charge in [0.15, 0.2) is 0 Å². The maximum absolute atomic E-state index is 2.43. The van der Waals surface area contributed by atoms with Crippen LogP contribution in [0.25, 0.3) is 76.5 Å². The van der Waals surface area contributed by atoms with Gasteiger partial charge in [-0.3, -0.25) is 0 Å². The third-order valence-electron chi connectivity index (χ3n) is 7.98. The largest absolute Gasteiger partial charge is 0.0622 e. The molecule has 0 spiro atoms. The molecule has 0 heterocycles. The van der Waals surface area contributed by atoms with Gasteiger partial charge in [0.1, 0.15) is 0 Å². The van der Waals surface area contributed by atoms with E-state index in [9.17, 15) is 0 Å². The van der Waals surface area contributed by atoms with Crippen molar-refractivity contribution in [2.75, 3.05) is 0 Å². The Balaban J connectivity index is 1.73. The van der Waals surface area contributed by atoms with Crippen LogP contribution in [-0.2, 0) is 0 Å². The van der Waals surface area contributed by atoms with Gasteiger partial charge in [0.2, 0.25) is 0 Å². The highest BCUT2D eigenvalue weighted by Crippen LogP contribution is 2.50. The average Bonchev–Trinajstić information content (AvgIpc) is 3.00. The zero-order valence-electron chi connectivity index (χ0n) is 20.9. The molecule has 0 heteroatoms. The van der Waals surface area contributed by atoms with Crippen LogP contribution in [0.2, 0.25) is 0 Å². The molecule has 0 saturated heterocycles. The molecule has 0 bridgehead atoms. The van der Waals surface area contributed by atoms with Crippen LogP contribution in [0, 0.1) is 0 Å². The van der Waals surface area contributed by atoms with Crippen molar-refractivity contribution in [2.24, 2.45) is 0 Å². The van der Waals surface area contributed by atoms with Gasteiger partial charge in [-0.15, -0.1) is 0 Å². The van der Waals surface area contributed by atoms with E-state index in [1.807, 2.05) is 0 Å². The van der Waals surface area contributed by atoms with E-state index in [0.29, 0.717) is 0 Å². The Kier molecular flexibility index (Phi) is 4.62. The fourth-order valence-electron chi connectivity index (χ4n) is 6.40. The van der Waals surface area contributed by atoms with Gasteiger partial charge in [0.25, 0.3) is 0 Å². The summed E-state index contributed by atoms with van der Waals surface area (Å²) < 4.78 is 0. The Bertz CT molecular complexity index is 2090. The molecule has 0 aromatic heterocycles. The smallest absolute Gasteiger partial charge is 0.000763 e. The highest BCUT2D eigenvalue weighted by molar-refractivity contribution is 6.38. The third-order valence-corrected chi connectivity index (χ3v) is 7.98. The summed E-state index contributed by atoms with van der Waals surface area (Å²) in [6.07, 6.45) is 0. The summed E-state index contributed by atoms with van der Waals surface area (Å²) in [6, 6.07) is 53.2. The minimum absolute atomic E-state index is 1.23. The van der Waals surface area contributed by atoms with Crippen LogP contribution >= 0.6 is 0 Å². The van der Waals surface area contributed by atoms with Gasteiger partial charge in [0.05, 0.1) is 0 Å². The first-order valence-electron chi connectivity index (χ1n) is 13.2. The molecular weight excluding hydrogens is 456 g/mol. The van der Waals surface area contributed by atoms with Gasteiger partial charge in [-0.1, -0.05) is 140 Å². The van der Waals surface area contributed by atoms with Gasteiger partial charge in [-0.05, 0) is 82.5 Å². The van der Waals surface area contributed by atoms with Gasteiger partial charge in [-0.2, -0.15) is 0 Å². The fourth-order valence-corrected chi connectivity index (χ4v) is 6.40. The van der Waals surface area contributed by atoms with Crippen molar-refractivity contribution in [3.8, 4) is 33.4 Å². The molecule has 0 atom stereocenters. The molecule has 0 fully saturated rings. The number of fused-ring (bicyclic) bond motifs is 3. The van der Waals surface area contributed by atoms with E-state index in [0.717, 1.165) is 0 Å². The minimum Gasteiger partial charge on any atom is -0.0622 e. The molecule has 8 aromatic rings. The monoisotopic (exact) mass is 480 g/mol. The van der Waals surface area contributed by atoms with Crippen LogP contribution in [0.1, 0.15) is 0 Å². The van der Waals surface area contributed by atoms with E-state index in [1.165, 1.54) is 76.5 Å². The highest BCUT2D eigenvalue weighted by atomic mass is 14.2. The second-order valence-corrected chi connectivity index (χ2v) is 10.1. The lowest BCUT2D eigenvalue weighted by atomic mass is 9.80. The standard InChI is InChI=1S/C38H24/c1-4-12-25(13-5-1)32-24-33(26-14-6-2-7-15-26)37-30-20-10-18-28-22-23-29-19-11-21-31(35(29)34(28)30)38(37)36(32)27-16-8-3-9-17-27/h1-24H. The van der Waals surface area contributed by atoms with Gasteiger partial charge in [-0.25, -0.2) is 0 Å². The molecule has 0 amide bonds. The summed E-state index contributed by atoms with van der Waals surface area (Å²) in [5, 5.41) is 10.6. The van der Waals surface area contributed by atoms with Crippen LogP contribution in [0.4, 0.5) is 0 Å². The van der Waals surface area contributed by atoms with E-state index in [2.05, 4.69) is 146 Å². The molecule has 0 N–H and O–H groups in total. The molecule has 0 aliphatic carbocycles. The van der Waals surface area contributed by atoms with Gasteiger partial charge < -0.3 is 0 Å². The Morgan fingerprint density at radius 1 is 0.289 bits per heavy atom. The Morgan fingerprint density at radius 3 is 1.32 bits per heavy atom. The van der Waals surface area contributed by atoms with Crippen LogP contribution in [0.3, 0.4) is 0 Å². The number of rotatable bonds is 3. The van der Waals surface area contributed by atoms with Crippen LogP contribution in [0.5, 0.6) is 0 Å². The van der Waals surface area contributed by atoms with Crippen LogP contribution < -0.4 is 0 Å².